The Morgan fingerprint density at radius 3 is 2.72 bits per heavy atom. The molecule has 1 unspecified atom stereocenters. The minimum absolute atomic E-state index is 0.0288. The quantitative estimate of drug-likeness (QED) is 0.687. The van der Waals surface area contributed by atoms with Crippen molar-refractivity contribution in [3.05, 3.63) is 28.7 Å². The topological polar surface area (TPSA) is 97.5 Å². The number of hydrogen-bond acceptors (Lipinski definition) is 5. The second kappa shape index (κ2) is 6.64. The third kappa shape index (κ3) is 3.91. The summed E-state index contributed by atoms with van der Waals surface area (Å²) in [7, 11) is -0.904. The number of aromatic amines is 1. The van der Waals surface area contributed by atoms with Crippen molar-refractivity contribution in [3.63, 3.8) is 0 Å². The first kappa shape index (κ1) is 14.8. The molecular formula is C10H16N2O5S. The Morgan fingerprint density at radius 1 is 1.44 bits per heavy atom. The van der Waals surface area contributed by atoms with Crippen LogP contribution >= 0.6 is 0 Å². The van der Waals surface area contributed by atoms with E-state index in [1.807, 2.05) is 0 Å². The van der Waals surface area contributed by atoms with Crippen LogP contribution in [0.3, 0.4) is 0 Å². The standard InChI is InChI=1S/C10H16N2O5S/c1-16-7-8(17-2)5-12-18(14,15)10-6-11-4-3-9(10)13/h3-4,6,8,12H,5,7H2,1-2H3,(H,11,13). The third-order valence-electron chi connectivity index (χ3n) is 2.26. The first-order valence-corrected chi connectivity index (χ1v) is 6.68. The molecule has 1 aromatic rings. The predicted molar refractivity (Wildman–Crippen MR) is 64.9 cm³/mol. The van der Waals surface area contributed by atoms with Gasteiger partial charge in [0, 0.05) is 39.2 Å². The highest BCUT2D eigenvalue weighted by molar-refractivity contribution is 7.89. The first-order valence-electron chi connectivity index (χ1n) is 5.19. The number of aromatic nitrogens is 1. The van der Waals surface area contributed by atoms with Crippen LogP contribution in [0.5, 0.6) is 0 Å². The normalized spacial score (nSPS) is 13.4. The van der Waals surface area contributed by atoms with E-state index in [4.69, 9.17) is 9.47 Å². The molecule has 0 aromatic carbocycles. The maximum Gasteiger partial charge on any atom is 0.246 e. The molecule has 0 aliphatic carbocycles. The highest BCUT2D eigenvalue weighted by atomic mass is 32.2. The Kier molecular flexibility index (Phi) is 5.48. The van der Waals surface area contributed by atoms with Gasteiger partial charge in [0.1, 0.15) is 4.90 Å². The van der Waals surface area contributed by atoms with Crippen LogP contribution in [-0.4, -0.2) is 46.9 Å². The molecule has 1 heterocycles. The molecule has 0 fully saturated rings. The average molecular weight is 276 g/mol. The molecule has 2 N–H and O–H groups in total. The molecule has 1 atom stereocenters. The smallest absolute Gasteiger partial charge is 0.246 e. The van der Waals surface area contributed by atoms with Gasteiger partial charge in [0.05, 0.1) is 12.7 Å². The highest BCUT2D eigenvalue weighted by Crippen LogP contribution is 2.00. The predicted octanol–water partition coefficient (Wildman–Crippen LogP) is -0.685. The minimum atomic E-state index is -3.84. The molecule has 7 nitrogen and oxygen atoms in total. The van der Waals surface area contributed by atoms with Crippen LogP contribution in [0.25, 0.3) is 0 Å². The van der Waals surface area contributed by atoms with E-state index < -0.39 is 21.6 Å². The molecule has 0 saturated carbocycles. The van der Waals surface area contributed by atoms with E-state index in [-0.39, 0.29) is 18.0 Å². The van der Waals surface area contributed by atoms with Crippen molar-refractivity contribution >= 4 is 10.0 Å². The Morgan fingerprint density at radius 2 is 2.17 bits per heavy atom. The summed E-state index contributed by atoms with van der Waals surface area (Å²) in [4.78, 5) is 13.6. The molecule has 0 aliphatic heterocycles. The fourth-order valence-electron chi connectivity index (χ4n) is 1.29. The van der Waals surface area contributed by atoms with Gasteiger partial charge in [-0.2, -0.15) is 0 Å². The lowest BCUT2D eigenvalue weighted by Crippen LogP contribution is -2.37. The Bertz CT molecular complexity index is 525. The van der Waals surface area contributed by atoms with E-state index in [1.165, 1.54) is 20.4 Å². The molecule has 0 bridgehead atoms. The fourth-order valence-corrected chi connectivity index (χ4v) is 2.40. The SMILES string of the molecule is COCC(CNS(=O)(=O)c1c[nH]ccc1=O)OC. The maximum absolute atomic E-state index is 11.9. The molecule has 1 aromatic heterocycles. The molecule has 0 aliphatic rings. The summed E-state index contributed by atoms with van der Waals surface area (Å²) in [6.45, 7) is 0.283. The van der Waals surface area contributed by atoms with E-state index in [2.05, 4.69) is 9.71 Å². The Labute approximate surface area is 105 Å². The van der Waals surface area contributed by atoms with Gasteiger partial charge in [0.2, 0.25) is 15.5 Å². The summed E-state index contributed by atoms with van der Waals surface area (Å²) in [5.41, 5.74) is -0.568. The molecule has 0 radical (unpaired) electrons. The molecular weight excluding hydrogens is 260 g/mol. The second-order valence-corrected chi connectivity index (χ2v) is 5.27. The zero-order chi connectivity index (χ0) is 13.6. The zero-order valence-electron chi connectivity index (χ0n) is 10.2. The summed E-state index contributed by atoms with van der Waals surface area (Å²) >= 11 is 0. The average Bonchev–Trinajstić information content (AvgIpc) is 2.34. The van der Waals surface area contributed by atoms with Gasteiger partial charge >= 0.3 is 0 Å². The minimum Gasteiger partial charge on any atom is -0.382 e. The fraction of sp³-hybridized carbons (Fsp3) is 0.500. The molecule has 0 spiro atoms. The molecule has 102 valence electrons. The second-order valence-electron chi connectivity index (χ2n) is 3.54. The van der Waals surface area contributed by atoms with E-state index in [9.17, 15) is 13.2 Å². The third-order valence-corrected chi connectivity index (χ3v) is 3.71. The number of pyridine rings is 1. The van der Waals surface area contributed by atoms with Gasteiger partial charge in [0.15, 0.2) is 0 Å². The van der Waals surface area contributed by atoms with Crippen LogP contribution in [-0.2, 0) is 19.5 Å². The van der Waals surface area contributed by atoms with Crippen LogP contribution in [0.1, 0.15) is 0 Å². The van der Waals surface area contributed by atoms with Gasteiger partial charge < -0.3 is 14.5 Å². The van der Waals surface area contributed by atoms with Crippen molar-refractivity contribution in [2.45, 2.75) is 11.0 Å². The van der Waals surface area contributed by atoms with E-state index >= 15 is 0 Å². The van der Waals surface area contributed by atoms with Crippen molar-refractivity contribution in [2.75, 3.05) is 27.4 Å². The van der Waals surface area contributed by atoms with E-state index in [0.29, 0.717) is 0 Å². The van der Waals surface area contributed by atoms with Crippen LogP contribution in [0, 0.1) is 0 Å². The number of hydrogen-bond donors (Lipinski definition) is 2. The number of H-pyrrole nitrogens is 1. The van der Waals surface area contributed by atoms with Gasteiger partial charge in [-0.25, -0.2) is 13.1 Å². The summed E-state index contributed by atoms with van der Waals surface area (Å²) in [5.74, 6) is 0. The largest absolute Gasteiger partial charge is 0.382 e. The zero-order valence-corrected chi connectivity index (χ0v) is 11.0. The summed E-state index contributed by atoms with van der Waals surface area (Å²) in [6, 6.07) is 1.15. The van der Waals surface area contributed by atoms with Crippen molar-refractivity contribution in [3.8, 4) is 0 Å². The van der Waals surface area contributed by atoms with E-state index in [0.717, 1.165) is 12.3 Å². The lowest BCUT2D eigenvalue weighted by atomic mass is 10.4. The monoisotopic (exact) mass is 276 g/mol. The van der Waals surface area contributed by atoms with Gasteiger partial charge in [-0.1, -0.05) is 0 Å². The van der Waals surface area contributed by atoms with Crippen LogP contribution < -0.4 is 10.2 Å². The number of sulfonamides is 1. The highest BCUT2D eigenvalue weighted by Gasteiger charge is 2.19. The molecule has 1 rings (SSSR count). The van der Waals surface area contributed by atoms with Crippen molar-refractivity contribution in [1.29, 1.82) is 0 Å². The van der Waals surface area contributed by atoms with Gasteiger partial charge in [0.25, 0.3) is 0 Å². The number of nitrogens with one attached hydrogen (secondary N) is 2. The molecule has 18 heavy (non-hydrogen) atoms. The number of ether oxygens (including phenoxy) is 2. The Hall–Kier alpha value is -1.22. The van der Waals surface area contributed by atoms with Crippen LogP contribution in [0.2, 0.25) is 0 Å². The molecule has 0 amide bonds. The summed E-state index contributed by atoms with van der Waals surface area (Å²) in [6.07, 6.45) is 2.10. The van der Waals surface area contributed by atoms with Gasteiger partial charge in [-0.05, 0) is 0 Å². The number of methoxy groups -OCH3 is 2. The van der Waals surface area contributed by atoms with Crippen molar-refractivity contribution in [2.24, 2.45) is 0 Å². The maximum atomic E-state index is 11.9. The van der Waals surface area contributed by atoms with E-state index in [1.54, 1.807) is 0 Å². The summed E-state index contributed by atoms with van der Waals surface area (Å²) < 4.78 is 35.9. The Balaban J connectivity index is 2.77. The van der Waals surface area contributed by atoms with Crippen molar-refractivity contribution in [1.82, 2.24) is 9.71 Å². The first-order chi connectivity index (χ1) is 8.51. The number of rotatable bonds is 7. The van der Waals surface area contributed by atoms with Gasteiger partial charge in [-0.3, -0.25) is 4.79 Å². The van der Waals surface area contributed by atoms with Crippen LogP contribution in [0.4, 0.5) is 0 Å². The summed E-state index contributed by atoms with van der Waals surface area (Å²) in [5, 5.41) is 0. The van der Waals surface area contributed by atoms with Gasteiger partial charge in [-0.15, -0.1) is 0 Å². The lowest BCUT2D eigenvalue weighted by Gasteiger charge is -2.14. The van der Waals surface area contributed by atoms with Crippen molar-refractivity contribution < 1.29 is 17.9 Å². The molecule has 0 saturated heterocycles. The lowest BCUT2D eigenvalue weighted by molar-refractivity contribution is 0.0320. The van der Waals surface area contributed by atoms with Crippen LogP contribution in [0.15, 0.2) is 28.2 Å². The molecule has 8 heteroatoms.